The van der Waals surface area contributed by atoms with Crippen molar-refractivity contribution in [3.8, 4) is 11.5 Å². The van der Waals surface area contributed by atoms with E-state index in [1.807, 2.05) is 0 Å². The third-order valence-electron chi connectivity index (χ3n) is 5.75. The molecule has 0 radical (unpaired) electrons. The molecule has 1 saturated heterocycles. The van der Waals surface area contributed by atoms with Crippen LogP contribution in [0.2, 0.25) is 5.02 Å². The van der Waals surface area contributed by atoms with Crippen LogP contribution in [-0.4, -0.2) is 40.8 Å². The molecule has 2 aromatic carbocycles. The van der Waals surface area contributed by atoms with Gasteiger partial charge < -0.3 is 19.5 Å². The van der Waals surface area contributed by atoms with Gasteiger partial charge in [-0.15, -0.1) is 13.2 Å². The fourth-order valence-corrected chi connectivity index (χ4v) is 4.30. The molecular formula is C23H20ClF4NO5. The third-order valence-corrected chi connectivity index (χ3v) is 5.97. The first-order valence-electron chi connectivity index (χ1n) is 10.6. The van der Waals surface area contributed by atoms with E-state index in [4.69, 9.17) is 16.3 Å². The van der Waals surface area contributed by atoms with Gasteiger partial charge in [0, 0.05) is 17.6 Å². The summed E-state index contributed by atoms with van der Waals surface area (Å²) in [5.74, 6) is -3.10. The Morgan fingerprint density at radius 3 is 2.44 bits per heavy atom. The van der Waals surface area contributed by atoms with E-state index in [0.29, 0.717) is 24.0 Å². The zero-order chi connectivity index (χ0) is 24.6. The van der Waals surface area contributed by atoms with Crippen LogP contribution in [0.15, 0.2) is 30.3 Å². The molecule has 4 rings (SSSR count). The SMILES string of the molecule is O=C(O)C1CCCN1C(=O)c1cc(C2CC2)c(COc2cc(Cl)cc(OC(F)(F)F)c2)cc1F. The molecule has 0 spiro atoms. The molecule has 1 heterocycles. The Kier molecular flexibility index (Phi) is 6.62. The molecule has 6 nitrogen and oxygen atoms in total. The number of amides is 1. The molecule has 1 atom stereocenters. The summed E-state index contributed by atoms with van der Waals surface area (Å²) in [6.07, 6.45) is -2.42. The molecule has 182 valence electrons. The van der Waals surface area contributed by atoms with Gasteiger partial charge in [-0.1, -0.05) is 11.6 Å². The predicted molar refractivity (Wildman–Crippen MR) is 113 cm³/mol. The van der Waals surface area contributed by atoms with Crippen molar-refractivity contribution in [1.29, 1.82) is 0 Å². The maximum absolute atomic E-state index is 15.0. The largest absolute Gasteiger partial charge is 0.573 e. The van der Waals surface area contributed by atoms with Gasteiger partial charge in [0.1, 0.15) is 30.0 Å². The highest BCUT2D eigenvalue weighted by Crippen LogP contribution is 2.43. The van der Waals surface area contributed by atoms with Crippen LogP contribution in [0.3, 0.4) is 0 Å². The maximum atomic E-state index is 15.0. The molecule has 1 saturated carbocycles. The Hall–Kier alpha value is -3.01. The molecule has 1 aliphatic carbocycles. The average Bonchev–Trinajstić information content (AvgIpc) is 3.45. The van der Waals surface area contributed by atoms with Crippen molar-refractivity contribution in [2.24, 2.45) is 0 Å². The normalized spacial score (nSPS) is 18.1. The monoisotopic (exact) mass is 501 g/mol. The number of likely N-dealkylation sites (tertiary alicyclic amines) is 1. The van der Waals surface area contributed by atoms with Crippen LogP contribution in [-0.2, 0) is 11.4 Å². The van der Waals surface area contributed by atoms with E-state index < -0.39 is 35.8 Å². The number of ether oxygens (including phenoxy) is 2. The smallest absolute Gasteiger partial charge is 0.489 e. The molecule has 2 fully saturated rings. The zero-order valence-electron chi connectivity index (χ0n) is 17.7. The topological polar surface area (TPSA) is 76.1 Å². The van der Waals surface area contributed by atoms with Crippen molar-refractivity contribution < 1.29 is 41.7 Å². The number of hydrogen-bond donors (Lipinski definition) is 1. The van der Waals surface area contributed by atoms with Crippen LogP contribution in [0.5, 0.6) is 11.5 Å². The van der Waals surface area contributed by atoms with E-state index in [1.165, 1.54) is 17.0 Å². The molecule has 1 unspecified atom stereocenters. The number of carboxylic acids is 1. The first-order chi connectivity index (χ1) is 16.0. The second-order valence-electron chi connectivity index (χ2n) is 8.26. The molecule has 0 bridgehead atoms. The first kappa shape index (κ1) is 24.1. The number of nitrogens with zero attached hydrogens (tertiary/aromatic N) is 1. The highest BCUT2D eigenvalue weighted by atomic mass is 35.5. The van der Waals surface area contributed by atoms with Gasteiger partial charge in [0.15, 0.2) is 0 Å². The number of rotatable bonds is 7. The Labute approximate surface area is 197 Å². The minimum absolute atomic E-state index is 0.00424. The lowest BCUT2D eigenvalue weighted by molar-refractivity contribution is -0.274. The number of carboxylic acid groups (broad SMARTS) is 1. The van der Waals surface area contributed by atoms with Crippen LogP contribution >= 0.6 is 11.6 Å². The van der Waals surface area contributed by atoms with Gasteiger partial charge in [-0.2, -0.15) is 0 Å². The Bertz CT molecular complexity index is 1120. The molecule has 11 heteroatoms. The van der Waals surface area contributed by atoms with Gasteiger partial charge in [-0.3, -0.25) is 4.79 Å². The third kappa shape index (κ3) is 5.55. The molecule has 0 aromatic heterocycles. The quantitative estimate of drug-likeness (QED) is 0.505. The minimum atomic E-state index is -4.90. The lowest BCUT2D eigenvalue weighted by Gasteiger charge is -2.22. The van der Waals surface area contributed by atoms with E-state index in [2.05, 4.69) is 4.74 Å². The van der Waals surface area contributed by atoms with E-state index >= 15 is 0 Å². The highest BCUT2D eigenvalue weighted by molar-refractivity contribution is 6.30. The molecule has 34 heavy (non-hydrogen) atoms. The Morgan fingerprint density at radius 2 is 1.79 bits per heavy atom. The van der Waals surface area contributed by atoms with E-state index in [0.717, 1.165) is 31.0 Å². The lowest BCUT2D eigenvalue weighted by atomic mass is 9.99. The average molecular weight is 502 g/mol. The summed E-state index contributed by atoms with van der Waals surface area (Å²) in [6.45, 7) is 0.0560. The second kappa shape index (κ2) is 9.32. The Balaban J connectivity index is 1.56. The zero-order valence-corrected chi connectivity index (χ0v) is 18.5. The number of carbonyl (C=O) groups is 2. The van der Waals surface area contributed by atoms with Gasteiger partial charge >= 0.3 is 12.3 Å². The molecule has 1 N–H and O–H groups in total. The summed E-state index contributed by atoms with van der Waals surface area (Å²) in [5, 5.41) is 9.30. The van der Waals surface area contributed by atoms with E-state index in [-0.39, 0.29) is 35.4 Å². The van der Waals surface area contributed by atoms with Crippen molar-refractivity contribution in [2.45, 2.75) is 50.6 Å². The van der Waals surface area contributed by atoms with Crippen molar-refractivity contribution in [3.63, 3.8) is 0 Å². The number of halogens is 5. The standard InChI is InChI=1S/C23H20ClF4NO5/c24-14-7-15(9-16(8-14)34-23(26,27)28)33-11-13-6-19(25)18(10-17(13)12-3-4-12)21(30)29-5-1-2-20(29)22(31)32/h6-10,12,20H,1-5,11H2,(H,31,32). The summed E-state index contributed by atoms with van der Waals surface area (Å²) >= 11 is 5.86. The predicted octanol–water partition coefficient (Wildman–Crippen LogP) is 5.52. The fourth-order valence-electron chi connectivity index (χ4n) is 4.09. The summed E-state index contributed by atoms with van der Waals surface area (Å²) in [6, 6.07) is 4.90. The van der Waals surface area contributed by atoms with Gasteiger partial charge in [0.25, 0.3) is 5.91 Å². The number of alkyl halides is 3. The van der Waals surface area contributed by atoms with Crippen LogP contribution in [0, 0.1) is 5.82 Å². The molecule has 1 aliphatic heterocycles. The molecule has 1 amide bonds. The second-order valence-corrected chi connectivity index (χ2v) is 8.70. The van der Waals surface area contributed by atoms with Crippen LogP contribution in [0.1, 0.15) is 53.1 Å². The van der Waals surface area contributed by atoms with Crippen molar-refractivity contribution in [3.05, 3.63) is 57.9 Å². The minimum Gasteiger partial charge on any atom is -0.489 e. The molecule has 2 aliphatic rings. The number of hydrogen-bond acceptors (Lipinski definition) is 4. The highest BCUT2D eigenvalue weighted by Gasteiger charge is 2.37. The van der Waals surface area contributed by atoms with Crippen LogP contribution in [0.4, 0.5) is 17.6 Å². The van der Waals surface area contributed by atoms with Crippen molar-refractivity contribution in [1.82, 2.24) is 4.90 Å². The van der Waals surface area contributed by atoms with Crippen molar-refractivity contribution in [2.75, 3.05) is 6.54 Å². The molecule has 2 aromatic rings. The first-order valence-corrected chi connectivity index (χ1v) is 10.9. The summed E-state index contributed by atoms with van der Waals surface area (Å²) in [5.41, 5.74) is 0.915. The van der Waals surface area contributed by atoms with Crippen molar-refractivity contribution >= 4 is 23.5 Å². The number of carbonyl (C=O) groups excluding carboxylic acids is 1. The van der Waals surface area contributed by atoms with Gasteiger partial charge in [0.05, 0.1) is 5.56 Å². The van der Waals surface area contributed by atoms with E-state index in [1.54, 1.807) is 0 Å². The van der Waals surface area contributed by atoms with Gasteiger partial charge in [-0.05, 0) is 67.0 Å². The summed E-state index contributed by atoms with van der Waals surface area (Å²) < 4.78 is 62.0. The summed E-state index contributed by atoms with van der Waals surface area (Å²) in [4.78, 5) is 25.5. The lowest BCUT2D eigenvalue weighted by Crippen LogP contribution is -2.40. The molecular weight excluding hydrogens is 482 g/mol. The Morgan fingerprint density at radius 1 is 1.09 bits per heavy atom. The summed E-state index contributed by atoms with van der Waals surface area (Å²) in [7, 11) is 0. The number of benzene rings is 2. The van der Waals surface area contributed by atoms with Gasteiger partial charge in [0.2, 0.25) is 0 Å². The maximum Gasteiger partial charge on any atom is 0.573 e. The van der Waals surface area contributed by atoms with Crippen LogP contribution < -0.4 is 9.47 Å². The van der Waals surface area contributed by atoms with E-state index in [9.17, 15) is 32.3 Å². The van der Waals surface area contributed by atoms with Crippen LogP contribution in [0.25, 0.3) is 0 Å². The fraction of sp³-hybridized carbons (Fsp3) is 0.391. The number of aliphatic carboxylic acids is 1. The van der Waals surface area contributed by atoms with Gasteiger partial charge in [-0.25, -0.2) is 9.18 Å².